The Morgan fingerprint density at radius 2 is 1.95 bits per heavy atom. The second-order valence-corrected chi connectivity index (χ2v) is 4.82. The second-order valence-electron chi connectivity index (χ2n) is 4.82. The van der Waals surface area contributed by atoms with E-state index >= 15 is 0 Å². The molecule has 108 valence electrons. The highest BCUT2D eigenvalue weighted by Gasteiger charge is 2.15. The molecule has 2 aromatic rings. The number of rotatable bonds is 4. The molecule has 5 heteroatoms. The van der Waals surface area contributed by atoms with Gasteiger partial charge in [0, 0.05) is 25.4 Å². The van der Waals surface area contributed by atoms with Crippen molar-refractivity contribution in [3.8, 4) is 0 Å². The van der Waals surface area contributed by atoms with Gasteiger partial charge in [0.25, 0.3) is 5.91 Å². The molecule has 2 rings (SSSR count). The van der Waals surface area contributed by atoms with Crippen LogP contribution in [0.3, 0.4) is 0 Å². The third-order valence-corrected chi connectivity index (χ3v) is 3.24. The van der Waals surface area contributed by atoms with E-state index in [4.69, 9.17) is 5.11 Å². The van der Waals surface area contributed by atoms with Crippen molar-refractivity contribution >= 4 is 11.9 Å². The Bertz CT molecular complexity index is 683. The van der Waals surface area contributed by atoms with Gasteiger partial charge in [0.15, 0.2) is 0 Å². The molecule has 1 aromatic carbocycles. The standard InChI is InChI=1S/C16H16N2O3/c1-11-5-3-4-6-13(11)10-18(2)15(19)12-7-8-17-14(9-12)16(20)21/h3-9H,10H2,1-2H3,(H,20,21). The molecule has 1 amide bonds. The van der Waals surface area contributed by atoms with Gasteiger partial charge in [-0.1, -0.05) is 24.3 Å². The van der Waals surface area contributed by atoms with E-state index in [0.717, 1.165) is 11.1 Å². The number of carbonyl (C=O) groups is 2. The fourth-order valence-electron chi connectivity index (χ4n) is 2.02. The van der Waals surface area contributed by atoms with E-state index in [9.17, 15) is 9.59 Å². The fourth-order valence-corrected chi connectivity index (χ4v) is 2.02. The third kappa shape index (κ3) is 3.45. The summed E-state index contributed by atoms with van der Waals surface area (Å²) in [4.78, 5) is 28.5. The molecule has 1 aromatic heterocycles. The summed E-state index contributed by atoms with van der Waals surface area (Å²) in [6, 6.07) is 10.6. The van der Waals surface area contributed by atoms with Crippen molar-refractivity contribution in [2.45, 2.75) is 13.5 Å². The van der Waals surface area contributed by atoms with E-state index in [0.29, 0.717) is 12.1 Å². The van der Waals surface area contributed by atoms with Crippen LogP contribution in [-0.2, 0) is 6.54 Å². The van der Waals surface area contributed by atoms with E-state index in [1.165, 1.54) is 18.3 Å². The number of nitrogens with zero attached hydrogens (tertiary/aromatic N) is 2. The number of amides is 1. The van der Waals surface area contributed by atoms with E-state index in [-0.39, 0.29) is 11.6 Å². The summed E-state index contributed by atoms with van der Waals surface area (Å²) in [6.07, 6.45) is 1.33. The molecule has 0 aliphatic carbocycles. The molecule has 0 aliphatic rings. The number of benzene rings is 1. The summed E-state index contributed by atoms with van der Waals surface area (Å²) in [5.74, 6) is -1.38. The minimum atomic E-state index is -1.15. The zero-order valence-electron chi connectivity index (χ0n) is 11.9. The number of carboxylic acid groups (broad SMARTS) is 1. The summed E-state index contributed by atoms with van der Waals surface area (Å²) in [6.45, 7) is 2.46. The first-order valence-electron chi connectivity index (χ1n) is 6.48. The molecular formula is C16H16N2O3. The molecule has 0 spiro atoms. The SMILES string of the molecule is Cc1ccccc1CN(C)C(=O)c1ccnc(C(=O)O)c1. The lowest BCUT2D eigenvalue weighted by Gasteiger charge is -2.18. The van der Waals surface area contributed by atoms with Crippen LogP contribution < -0.4 is 0 Å². The molecule has 0 aliphatic heterocycles. The highest BCUT2D eigenvalue weighted by Crippen LogP contribution is 2.12. The number of aryl methyl sites for hydroxylation is 1. The van der Waals surface area contributed by atoms with Gasteiger partial charge in [0.05, 0.1) is 0 Å². The first-order valence-corrected chi connectivity index (χ1v) is 6.48. The van der Waals surface area contributed by atoms with Crippen LogP contribution in [0.5, 0.6) is 0 Å². The third-order valence-electron chi connectivity index (χ3n) is 3.24. The van der Waals surface area contributed by atoms with Gasteiger partial charge in [0.2, 0.25) is 0 Å². The molecule has 0 atom stereocenters. The fraction of sp³-hybridized carbons (Fsp3) is 0.188. The maximum absolute atomic E-state index is 12.3. The first-order chi connectivity index (χ1) is 9.99. The Morgan fingerprint density at radius 1 is 1.24 bits per heavy atom. The van der Waals surface area contributed by atoms with Gasteiger partial charge >= 0.3 is 5.97 Å². The number of carbonyl (C=O) groups excluding carboxylic acids is 1. The number of aromatic carboxylic acids is 1. The highest BCUT2D eigenvalue weighted by molar-refractivity contribution is 5.96. The summed E-state index contributed by atoms with van der Waals surface area (Å²) in [5.41, 5.74) is 2.35. The van der Waals surface area contributed by atoms with Crippen LogP contribution in [-0.4, -0.2) is 33.9 Å². The van der Waals surface area contributed by atoms with Gasteiger partial charge in [-0.2, -0.15) is 0 Å². The smallest absolute Gasteiger partial charge is 0.354 e. The van der Waals surface area contributed by atoms with Crippen molar-refractivity contribution in [2.24, 2.45) is 0 Å². The second kappa shape index (κ2) is 6.17. The maximum Gasteiger partial charge on any atom is 0.354 e. The number of pyridine rings is 1. The number of aromatic nitrogens is 1. The lowest BCUT2D eigenvalue weighted by atomic mass is 10.1. The van der Waals surface area contributed by atoms with Crippen molar-refractivity contribution in [1.82, 2.24) is 9.88 Å². The molecule has 0 bridgehead atoms. The van der Waals surface area contributed by atoms with Gasteiger partial charge in [-0.3, -0.25) is 4.79 Å². The lowest BCUT2D eigenvalue weighted by molar-refractivity contribution is 0.0690. The maximum atomic E-state index is 12.3. The van der Waals surface area contributed by atoms with Crippen LogP contribution in [0.25, 0.3) is 0 Å². The molecule has 1 N–H and O–H groups in total. The molecule has 1 heterocycles. The van der Waals surface area contributed by atoms with Crippen molar-refractivity contribution < 1.29 is 14.7 Å². The highest BCUT2D eigenvalue weighted by atomic mass is 16.4. The average molecular weight is 284 g/mol. The number of hydrogen-bond donors (Lipinski definition) is 1. The van der Waals surface area contributed by atoms with Gasteiger partial charge < -0.3 is 10.0 Å². The molecule has 0 saturated heterocycles. The first kappa shape index (κ1) is 14.7. The minimum Gasteiger partial charge on any atom is -0.477 e. The molecule has 5 nitrogen and oxygen atoms in total. The zero-order valence-corrected chi connectivity index (χ0v) is 11.9. The molecular weight excluding hydrogens is 268 g/mol. The van der Waals surface area contributed by atoms with E-state index in [1.54, 1.807) is 11.9 Å². The molecule has 0 saturated carbocycles. The van der Waals surface area contributed by atoms with Gasteiger partial charge in [0.1, 0.15) is 5.69 Å². The van der Waals surface area contributed by atoms with Crippen LogP contribution in [0, 0.1) is 6.92 Å². The van der Waals surface area contributed by atoms with Crippen LogP contribution in [0.1, 0.15) is 32.0 Å². The predicted octanol–water partition coefficient (Wildman–Crippen LogP) is 2.36. The van der Waals surface area contributed by atoms with Crippen LogP contribution in [0.15, 0.2) is 42.6 Å². The minimum absolute atomic E-state index is 0.134. The Hall–Kier alpha value is -2.69. The van der Waals surface area contributed by atoms with E-state index in [1.807, 2.05) is 31.2 Å². The molecule has 21 heavy (non-hydrogen) atoms. The quantitative estimate of drug-likeness (QED) is 0.935. The van der Waals surface area contributed by atoms with Gasteiger partial charge in [-0.25, -0.2) is 9.78 Å². The van der Waals surface area contributed by atoms with Gasteiger partial charge in [-0.05, 0) is 30.2 Å². The summed E-state index contributed by atoms with van der Waals surface area (Å²) in [7, 11) is 1.69. The van der Waals surface area contributed by atoms with Crippen LogP contribution in [0.2, 0.25) is 0 Å². The Morgan fingerprint density at radius 3 is 2.62 bits per heavy atom. The normalized spacial score (nSPS) is 10.2. The summed E-state index contributed by atoms with van der Waals surface area (Å²) < 4.78 is 0. The van der Waals surface area contributed by atoms with E-state index < -0.39 is 5.97 Å². The van der Waals surface area contributed by atoms with Crippen molar-refractivity contribution in [3.63, 3.8) is 0 Å². The number of carboxylic acids is 1. The Balaban J connectivity index is 2.18. The zero-order chi connectivity index (χ0) is 15.4. The average Bonchev–Trinajstić information content (AvgIpc) is 2.49. The Kier molecular flexibility index (Phi) is 4.33. The Labute approximate surface area is 122 Å². The summed E-state index contributed by atoms with van der Waals surface area (Å²) >= 11 is 0. The van der Waals surface area contributed by atoms with Crippen LogP contribution >= 0.6 is 0 Å². The summed E-state index contributed by atoms with van der Waals surface area (Å²) in [5, 5.41) is 8.91. The lowest BCUT2D eigenvalue weighted by Crippen LogP contribution is -2.26. The number of hydrogen-bond acceptors (Lipinski definition) is 3. The van der Waals surface area contributed by atoms with Gasteiger partial charge in [-0.15, -0.1) is 0 Å². The van der Waals surface area contributed by atoms with Crippen molar-refractivity contribution in [1.29, 1.82) is 0 Å². The largest absolute Gasteiger partial charge is 0.477 e. The van der Waals surface area contributed by atoms with E-state index in [2.05, 4.69) is 4.98 Å². The molecule has 0 unspecified atom stereocenters. The topological polar surface area (TPSA) is 70.5 Å². The predicted molar refractivity (Wildman–Crippen MR) is 78.2 cm³/mol. The van der Waals surface area contributed by atoms with Crippen molar-refractivity contribution in [2.75, 3.05) is 7.05 Å². The molecule has 0 fully saturated rings. The van der Waals surface area contributed by atoms with Crippen LogP contribution in [0.4, 0.5) is 0 Å². The monoisotopic (exact) mass is 284 g/mol. The van der Waals surface area contributed by atoms with Crippen molar-refractivity contribution in [3.05, 3.63) is 65.0 Å². The molecule has 0 radical (unpaired) electrons.